The molecule has 2 aromatic carbocycles. The van der Waals surface area contributed by atoms with Crippen LogP contribution in [-0.4, -0.2) is 17.5 Å². The highest BCUT2D eigenvalue weighted by atomic mass is 32.1. The quantitative estimate of drug-likeness (QED) is 0.834. The number of nitrogens with zero attached hydrogens (tertiary/aromatic N) is 2. The molecule has 1 aliphatic heterocycles. The first-order valence-corrected chi connectivity index (χ1v) is 7.35. The van der Waals surface area contributed by atoms with Gasteiger partial charge in [0.05, 0.1) is 11.4 Å². The fraction of sp³-hybridized carbons (Fsp3) is 0.125. The maximum Gasteiger partial charge on any atom is 0.199 e. The van der Waals surface area contributed by atoms with Crippen molar-refractivity contribution in [1.82, 2.24) is 5.43 Å². The number of thiocarbonyl (C=S) groups is 1. The number of hydrogen-bond acceptors (Lipinski definition) is 2. The molecular formula is C16H15FN4S. The van der Waals surface area contributed by atoms with Crippen molar-refractivity contribution in [2.75, 3.05) is 16.9 Å². The van der Waals surface area contributed by atoms with Crippen LogP contribution in [0, 0.1) is 5.82 Å². The van der Waals surface area contributed by atoms with E-state index in [1.807, 2.05) is 35.3 Å². The SMILES string of the molecule is Fc1ccccc1NC(=S)/N=C1\CCN(c2ccccc2)N1. The lowest BCUT2D eigenvalue weighted by Crippen LogP contribution is -2.33. The number of nitrogens with one attached hydrogen (secondary N) is 2. The number of hydrogen-bond donors (Lipinski definition) is 2. The van der Waals surface area contributed by atoms with E-state index in [1.165, 1.54) is 6.07 Å². The zero-order valence-corrected chi connectivity index (χ0v) is 12.6. The lowest BCUT2D eigenvalue weighted by atomic mass is 10.3. The highest BCUT2D eigenvalue weighted by molar-refractivity contribution is 7.80. The zero-order chi connectivity index (χ0) is 15.4. The lowest BCUT2D eigenvalue weighted by molar-refractivity contribution is 0.632. The monoisotopic (exact) mass is 314 g/mol. The summed E-state index contributed by atoms with van der Waals surface area (Å²) < 4.78 is 13.6. The Bertz CT molecular complexity index is 702. The van der Waals surface area contributed by atoms with Crippen LogP contribution < -0.4 is 15.8 Å². The third-order valence-corrected chi connectivity index (χ3v) is 3.45. The minimum atomic E-state index is -0.352. The molecule has 0 bridgehead atoms. The largest absolute Gasteiger partial charge is 0.328 e. The van der Waals surface area contributed by atoms with Crippen molar-refractivity contribution >= 4 is 34.5 Å². The number of aliphatic imine (C=N–C) groups is 1. The summed E-state index contributed by atoms with van der Waals surface area (Å²) >= 11 is 5.16. The van der Waals surface area contributed by atoms with Crippen LogP contribution in [0.4, 0.5) is 15.8 Å². The summed E-state index contributed by atoms with van der Waals surface area (Å²) in [4.78, 5) is 4.31. The minimum Gasteiger partial charge on any atom is -0.328 e. The standard InChI is InChI=1S/C16H15FN4S/c17-13-8-4-5-9-14(13)18-16(22)19-15-10-11-21(20-15)12-6-2-1-3-7-12/h1-9H,10-11H2,(H2,18,19,20,22). The average Bonchev–Trinajstić information content (AvgIpc) is 2.99. The predicted molar refractivity (Wildman–Crippen MR) is 91.6 cm³/mol. The van der Waals surface area contributed by atoms with Crippen LogP contribution in [-0.2, 0) is 0 Å². The molecule has 1 fully saturated rings. The molecule has 0 amide bonds. The van der Waals surface area contributed by atoms with Gasteiger partial charge in [-0.3, -0.25) is 10.4 Å². The summed E-state index contributed by atoms with van der Waals surface area (Å²) in [6, 6.07) is 16.4. The third-order valence-electron chi connectivity index (χ3n) is 3.26. The second-order valence-electron chi connectivity index (χ2n) is 4.82. The normalized spacial score (nSPS) is 15.7. The fourth-order valence-corrected chi connectivity index (χ4v) is 2.42. The first-order valence-electron chi connectivity index (χ1n) is 6.95. The van der Waals surface area contributed by atoms with Crippen LogP contribution in [0.2, 0.25) is 0 Å². The zero-order valence-electron chi connectivity index (χ0n) is 11.8. The Morgan fingerprint density at radius 3 is 2.64 bits per heavy atom. The Balaban J connectivity index is 1.64. The maximum atomic E-state index is 13.6. The Morgan fingerprint density at radius 1 is 1.14 bits per heavy atom. The molecule has 2 N–H and O–H groups in total. The number of para-hydroxylation sites is 2. The average molecular weight is 314 g/mol. The summed E-state index contributed by atoms with van der Waals surface area (Å²) in [7, 11) is 0. The van der Waals surface area contributed by atoms with E-state index in [1.54, 1.807) is 18.2 Å². The molecule has 3 rings (SSSR count). The van der Waals surface area contributed by atoms with Gasteiger partial charge in [-0.25, -0.2) is 9.38 Å². The number of rotatable bonds is 2. The van der Waals surface area contributed by atoms with E-state index in [0.29, 0.717) is 5.69 Å². The Kier molecular flexibility index (Phi) is 4.29. The topological polar surface area (TPSA) is 39.7 Å². The van der Waals surface area contributed by atoms with Gasteiger partial charge < -0.3 is 5.32 Å². The van der Waals surface area contributed by atoms with Gasteiger partial charge in [0.1, 0.15) is 11.7 Å². The van der Waals surface area contributed by atoms with Gasteiger partial charge in [-0.05, 0) is 36.5 Å². The molecule has 0 saturated carbocycles. The molecule has 4 nitrogen and oxygen atoms in total. The second-order valence-corrected chi connectivity index (χ2v) is 5.20. The molecule has 112 valence electrons. The molecular weight excluding hydrogens is 299 g/mol. The van der Waals surface area contributed by atoms with Crippen molar-refractivity contribution in [3.8, 4) is 0 Å². The van der Waals surface area contributed by atoms with Crippen molar-refractivity contribution in [3.05, 3.63) is 60.4 Å². The van der Waals surface area contributed by atoms with Crippen molar-refractivity contribution in [2.45, 2.75) is 6.42 Å². The second kappa shape index (κ2) is 6.53. The summed E-state index contributed by atoms with van der Waals surface area (Å²) in [6.45, 7) is 0.811. The highest BCUT2D eigenvalue weighted by Crippen LogP contribution is 2.16. The van der Waals surface area contributed by atoms with Crippen LogP contribution >= 0.6 is 12.2 Å². The Labute approximate surface area is 133 Å². The number of halogens is 1. The lowest BCUT2D eigenvalue weighted by Gasteiger charge is -2.17. The Morgan fingerprint density at radius 2 is 1.86 bits per heavy atom. The first kappa shape index (κ1) is 14.5. The molecule has 22 heavy (non-hydrogen) atoms. The summed E-state index contributed by atoms with van der Waals surface area (Å²) in [5, 5.41) is 5.05. The molecule has 0 aliphatic carbocycles. The Hall–Kier alpha value is -2.47. The minimum absolute atomic E-state index is 0.238. The van der Waals surface area contributed by atoms with E-state index < -0.39 is 0 Å². The molecule has 0 atom stereocenters. The van der Waals surface area contributed by atoms with E-state index >= 15 is 0 Å². The molecule has 2 aromatic rings. The van der Waals surface area contributed by atoms with Gasteiger partial charge in [-0.15, -0.1) is 0 Å². The van der Waals surface area contributed by atoms with E-state index in [0.717, 1.165) is 24.5 Å². The van der Waals surface area contributed by atoms with Crippen molar-refractivity contribution in [1.29, 1.82) is 0 Å². The molecule has 6 heteroatoms. The van der Waals surface area contributed by atoms with Crippen LogP contribution in [0.5, 0.6) is 0 Å². The highest BCUT2D eigenvalue weighted by Gasteiger charge is 2.17. The smallest absolute Gasteiger partial charge is 0.199 e. The first-order chi connectivity index (χ1) is 10.7. The number of hydrazine groups is 1. The molecule has 0 unspecified atom stereocenters. The molecule has 0 radical (unpaired) electrons. The van der Waals surface area contributed by atoms with Crippen molar-refractivity contribution in [2.24, 2.45) is 4.99 Å². The molecule has 0 spiro atoms. The third kappa shape index (κ3) is 3.40. The van der Waals surface area contributed by atoms with E-state index in [-0.39, 0.29) is 10.9 Å². The van der Waals surface area contributed by atoms with Gasteiger partial charge in [0.2, 0.25) is 0 Å². The van der Waals surface area contributed by atoms with Gasteiger partial charge in [-0.1, -0.05) is 30.3 Å². The number of anilines is 2. The fourth-order valence-electron chi connectivity index (χ4n) is 2.20. The van der Waals surface area contributed by atoms with E-state index in [2.05, 4.69) is 15.7 Å². The van der Waals surface area contributed by atoms with Gasteiger partial charge in [-0.2, -0.15) is 0 Å². The molecule has 1 heterocycles. The van der Waals surface area contributed by atoms with Crippen LogP contribution in [0.25, 0.3) is 0 Å². The van der Waals surface area contributed by atoms with Gasteiger partial charge >= 0.3 is 0 Å². The summed E-state index contributed by atoms with van der Waals surface area (Å²) in [6.07, 6.45) is 0.758. The molecule has 0 aromatic heterocycles. The van der Waals surface area contributed by atoms with Crippen LogP contribution in [0.3, 0.4) is 0 Å². The van der Waals surface area contributed by atoms with E-state index in [4.69, 9.17) is 12.2 Å². The number of benzene rings is 2. The van der Waals surface area contributed by atoms with E-state index in [9.17, 15) is 4.39 Å². The summed E-state index contributed by atoms with van der Waals surface area (Å²) in [5.41, 5.74) is 4.60. The predicted octanol–water partition coefficient (Wildman–Crippen LogP) is 3.34. The van der Waals surface area contributed by atoms with Gasteiger partial charge in [0.25, 0.3) is 0 Å². The molecule has 1 saturated heterocycles. The van der Waals surface area contributed by atoms with Gasteiger partial charge in [0.15, 0.2) is 5.11 Å². The summed E-state index contributed by atoms with van der Waals surface area (Å²) in [5.74, 6) is 0.410. The van der Waals surface area contributed by atoms with Gasteiger partial charge in [0, 0.05) is 13.0 Å². The number of amidine groups is 1. The van der Waals surface area contributed by atoms with Crippen molar-refractivity contribution in [3.63, 3.8) is 0 Å². The molecule has 1 aliphatic rings. The van der Waals surface area contributed by atoms with Crippen LogP contribution in [0.15, 0.2) is 59.6 Å². The maximum absolute atomic E-state index is 13.6. The van der Waals surface area contributed by atoms with Crippen LogP contribution in [0.1, 0.15) is 6.42 Å². The van der Waals surface area contributed by atoms with Crippen molar-refractivity contribution < 1.29 is 4.39 Å².